The van der Waals surface area contributed by atoms with Gasteiger partial charge in [-0.2, -0.15) is 0 Å². The van der Waals surface area contributed by atoms with Crippen LogP contribution in [0, 0.1) is 27.7 Å². The molecule has 0 aliphatic carbocycles. The Kier molecular flexibility index (Phi) is 8.63. The Balaban J connectivity index is 1.61. The Labute approximate surface area is 213 Å². The van der Waals surface area contributed by atoms with E-state index < -0.39 is 10.0 Å². The van der Waals surface area contributed by atoms with Crippen LogP contribution < -0.4 is 19.5 Å². The van der Waals surface area contributed by atoms with Crippen LogP contribution in [0.1, 0.15) is 47.7 Å². The molecular formula is C28H34N2O5S. The standard InChI is InChI=1S/C28H34N2O5S/c1-7-34-24-10-8-23(9-11-24)30-36(32,33)25-12-13-27(21(5)15-25)35-17-28(31)29-22(6)26-16-19(3)18(2)14-20(26)4/h8-16,22,30H,7,17H2,1-6H3,(H,29,31)/t22-/m1/s1. The lowest BCUT2D eigenvalue weighted by molar-refractivity contribution is -0.123. The second-order valence-electron chi connectivity index (χ2n) is 8.86. The Bertz CT molecular complexity index is 1330. The molecule has 0 unspecified atom stereocenters. The van der Waals surface area contributed by atoms with Crippen LogP contribution in [-0.4, -0.2) is 27.5 Å². The number of carbonyl (C=O) groups excluding carboxylic acids is 1. The summed E-state index contributed by atoms with van der Waals surface area (Å²) in [5.41, 5.74) is 5.62. The summed E-state index contributed by atoms with van der Waals surface area (Å²) in [6, 6.07) is 15.3. The molecule has 0 radical (unpaired) electrons. The predicted octanol–water partition coefficient (Wildman–Crippen LogP) is 5.38. The van der Waals surface area contributed by atoms with Crippen molar-refractivity contribution in [3.8, 4) is 11.5 Å². The van der Waals surface area contributed by atoms with Gasteiger partial charge in [0.2, 0.25) is 0 Å². The van der Waals surface area contributed by atoms with E-state index >= 15 is 0 Å². The van der Waals surface area contributed by atoms with Gasteiger partial charge < -0.3 is 14.8 Å². The first-order chi connectivity index (χ1) is 17.0. The zero-order chi connectivity index (χ0) is 26.5. The fraction of sp³-hybridized carbons (Fsp3) is 0.321. The van der Waals surface area contributed by atoms with E-state index in [0.717, 1.165) is 11.1 Å². The maximum Gasteiger partial charge on any atom is 0.261 e. The van der Waals surface area contributed by atoms with Crippen molar-refractivity contribution in [3.05, 3.63) is 82.4 Å². The molecule has 1 amide bonds. The van der Waals surface area contributed by atoms with Crippen molar-refractivity contribution in [1.82, 2.24) is 5.32 Å². The summed E-state index contributed by atoms with van der Waals surface area (Å²) in [7, 11) is -3.79. The third-order valence-electron chi connectivity index (χ3n) is 5.96. The number of hydrogen-bond donors (Lipinski definition) is 2. The average Bonchev–Trinajstić information content (AvgIpc) is 2.81. The molecule has 0 fully saturated rings. The minimum absolute atomic E-state index is 0.101. The van der Waals surface area contributed by atoms with Crippen LogP contribution in [0.15, 0.2) is 59.5 Å². The highest BCUT2D eigenvalue weighted by atomic mass is 32.2. The second-order valence-corrected chi connectivity index (χ2v) is 10.5. The molecule has 2 N–H and O–H groups in total. The van der Waals surface area contributed by atoms with E-state index in [9.17, 15) is 13.2 Å². The van der Waals surface area contributed by atoms with Gasteiger partial charge in [0, 0.05) is 5.69 Å². The number of benzene rings is 3. The first kappa shape index (κ1) is 27.1. The maximum atomic E-state index is 12.8. The quantitative estimate of drug-likeness (QED) is 0.382. The van der Waals surface area contributed by atoms with Gasteiger partial charge in [0.25, 0.3) is 15.9 Å². The third kappa shape index (κ3) is 6.79. The van der Waals surface area contributed by atoms with Gasteiger partial charge in [0.05, 0.1) is 17.5 Å². The van der Waals surface area contributed by atoms with Gasteiger partial charge in [-0.3, -0.25) is 9.52 Å². The number of rotatable bonds is 10. The van der Waals surface area contributed by atoms with Crippen LogP contribution in [-0.2, 0) is 14.8 Å². The van der Waals surface area contributed by atoms with Crippen molar-refractivity contribution >= 4 is 21.6 Å². The van der Waals surface area contributed by atoms with Crippen LogP contribution in [0.5, 0.6) is 11.5 Å². The molecule has 0 saturated carbocycles. The Morgan fingerprint density at radius 1 is 0.861 bits per heavy atom. The van der Waals surface area contributed by atoms with Crippen LogP contribution >= 0.6 is 0 Å². The van der Waals surface area contributed by atoms with Crippen molar-refractivity contribution in [3.63, 3.8) is 0 Å². The van der Waals surface area contributed by atoms with Gasteiger partial charge >= 0.3 is 0 Å². The molecule has 8 heteroatoms. The highest BCUT2D eigenvalue weighted by Gasteiger charge is 2.17. The van der Waals surface area contributed by atoms with E-state index in [1.54, 1.807) is 37.3 Å². The fourth-order valence-corrected chi connectivity index (χ4v) is 5.05. The smallest absolute Gasteiger partial charge is 0.261 e. The molecule has 0 heterocycles. The molecule has 0 aromatic heterocycles. The van der Waals surface area contributed by atoms with E-state index in [4.69, 9.17) is 9.47 Å². The Morgan fingerprint density at radius 2 is 1.53 bits per heavy atom. The van der Waals surface area contributed by atoms with E-state index in [2.05, 4.69) is 36.0 Å². The monoisotopic (exact) mass is 510 g/mol. The van der Waals surface area contributed by atoms with Crippen molar-refractivity contribution < 1.29 is 22.7 Å². The van der Waals surface area contributed by atoms with Crippen molar-refractivity contribution in [2.45, 2.75) is 52.5 Å². The summed E-state index contributed by atoms with van der Waals surface area (Å²) in [4.78, 5) is 12.6. The summed E-state index contributed by atoms with van der Waals surface area (Å²) in [5.74, 6) is 0.855. The Morgan fingerprint density at radius 3 is 2.17 bits per heavy atom. The van der Waals surface area contributed by atoms with Crippen LogP contribution in [0.4, 0.5) is 5.69 Å². The summed E-state index contributed by atoms with van der Waals surface area (Å²) < 4.78 is 39.3. The van der Waals surface area contributed by atoms with Crippen molar-refractivity contribution in [1.29, 1.82) is 0 Å². The number of sulfonamides is 1. The van der Waals surface area contributed by atoms with Crippen LogP contribution in [0.2, 0.25) is 0 Å². The SMILES string of the molecule is CCOc1ccc(NS(=O)(=O)c2ccc(OCC(=O)N[C@H](C)c3cc(C)c(C)cc3C)c(C)c2)cc1. The summed E-state index contributed by atoms with van der Waals surface area (Å²) in [6.45, 7) is 12.1. The molecule has 0 saturated heterocycles. The highest BCUT2D eigenvalue weighted by Crippen LogP contribution is 2.25. The number of nitrogens with one attached hydrogen (secondary N) is 2. The molecule has 7 nitrogen and oxygen atoms in total. The molecule has 36 heavy (non-hydrogen) atoms. The zero-order valence-electron chi connectivity index (χ0n) is 21.6. The molecular weight excluding hydrogens is 476 g/mol. The number of amides is 1. The van der Waals surface area contributed by atoms with Gasteiger partial charge in [0.15, 0.2) is 6.61 Å². The average molecular weight is 511 g/mol. The van der Waals surface area contributed by atoms with Gasteiger partial charge in [-0.05, 0) is 112 Å². The minimum Gasteiger partial charge on any atom is -0.494 e. The second kappa shape index (κ2) is 11.5. The lowest BCUT2D eigenvalue weighted by atomic mass is 9.96. The molecule has 0 aliphatic rings. The fourth-order valence-electron chi connectivity index (χ4n) is 3.90. The summed E-state index contributed by atoms with van der Waals surface area (Å²) in [5, 5.41) is 2.97. The van der Waals surface area contributed by atoms with E-state index in [-0.39, 0.29) is 23.5 Å². The number of anilines is 1. The molecule has 192 valence electrons. The molecule has 0 bridgehead atoms. The molecule has 1 atom stereocenters. The number of ether oxygens (including phenoxy) is 2. The third-order valence-corrected chi connectivity index (χ3v) is 7.34. The summed E-state index contributed by atoms with van der Waals surface area (Å²) in [6.07, 6.45) is 0. The topological polar surface area (TPSA) is 93.7 Å². The molecule has 0 aliphatic heterocycles. The van der Waals surface area contributed by atoms with Gasteiger partial charge in [-0.15, -0.1) is 0 Å². The summed E-state index contributed by atoms with van der Waals surface area (Å²) >= 11 is 0. The number of aryl methyl sites for hydroxylation is 4. The van der Waals surface area contributed by atoms with Crippen molar-refractivity contribution in [2.75, 3.05) is 17.9 Å². The van der Waals surface area contributed by atoms with Crippen LogP contribution in [0.3, 0.4) is 0 Å². The van der Waals surface area contributed by atoms with Crippen LogP contribution in [0.25, 0.3) is 0 Å². The van der Waals surface area contributed by atoms with E-state index in [0.29, 0.717) is 29.4 Å². The van der Waals surface area contributed by atoms with E-state index in [1.165, 1.54) is 23.3 Å². The first-order valence-corrected chi connectivity index (χ1v) is 13.3. The number of carbonyl (C=O) groups is 1. The lowest BCUT2D eigenvalue weighted by Gasteiger charge is -2.19. The molecule has 0 spiro atoms. The Hall–Kier alpha value is -3.52. The molecule has 3 rings (SSSR count). The predicted molar refractivity (Wildman–Crippen MR) is 142 cm³/mol. The van der Waals surface area contributed by atoms with Crippen molar-refractivity contribution in [2.24, 2.45) is 0 Å². The van der Waals surface area contributed by atoms with Gasteiger partial charge in [0.1, 0.15) is 11.5 Å². The molecule has 3 aromatic carbocycles. The lowest BCUT2D eigenvalue weighted by Crippen LogP contribution is -2.31. The largest absolute Gasteiger partial charge is 0.494 e. The first-order valence-electron chi connectivity index (χ1n) is 11.9. The number of hydrogen-bond acceptors (Lipinski definition) is 5. The zero-order valence-corrected chi connectivity index (χ0v) is 22.5. The van der Waals surface area contributed by atoms with E-state index in [1.807, 2.05) is 20.8 Å². The normalized spacial score (nSPS) is 12.1. The minimum atomic E-state index is -3.79. The van der Waals surface area contributed by atoms with Gasteiger partial charge in [-0.25, -0.2) is 8.42 Å². The molecule has 3 aromatic rings. The highest BCUT2D eigenvalue weighted by molar-refractivity contribution is 7.92. The maximum absolute atomic E-state index is 12.8. The van der Waals surface area contributed by atoms with Gasteiger partial charge in [-0.1, -0.05) is 12.1 Å².